The highest BCUT2D eigenvalue weighted by Crippen LogP contribution is 2.71. The molecule has 1 N–H and O–H groups in total. The van der Waals surface area contributed by atoms with E-state index in [0.29, 0.717) is 11.1 Å². The fraction of sp³-hybridized carbons (Fsp3) is 0.467. The number of ether oxygens (including phenoxy) is 1. The van der Waals surface area contributed by atoms with E-state index in [1.165, 1.54) is 7.11 Å². The molecular weight excluding hydrogens is 291 g/mol. The zero-order valence-electron chi connectivity index (χ0n) is 12.3. The van der Waals surface area contributed by atoms with Crippen molar-refractivity contribution in [2.24, 2.45) is 0 Å². The predicted octanol–water partition coefficient (Wildman–Crippen LogP) is 2.65. The van der Waals surface area contributed by atoms with Gasteiger partial charge in [0.05, 0.1) is 13.2 Å². The molecule has 1 saturated heterocycles. The van der Waals surface area contributed by atoms with Gasteiger partial charge in [-0.1, -0.05) is 12.0 Å². The molecule has 1 aromatic rings. The van der Waals surface area contributed by atoms with E-state index in [0.717, 1.165) is 5.56 Å². The second kappa shape index (κ2) is 5.92. The second-order valence-corrected chi connectivity index (χ2v) is 7.57. The van der Waals surface area contributed by atoms with Crippen LogP contribution < -0.4 is 0 Å². The largest absolute Gasteiger partial charge is 0.392 e. The molecule has 1 fully saturated rings. The summed E-state index contributed by atoms with van der Waals surface area (Å²) in [7, 11) is -1.89. The molecule has 0 saturated carbocycles. The third-order valence-corrected chi connectivity index (χ3v) is 6.42. The summed E-state index contributed by atoms with van der Waals surface area (Å²) in [6.45, 7) is 3.60. The Hall–Kier alpha value is -1.15. The van der Waals surface area contributed by atoms with Gasteiger partial charge in [0.25, 0.3) is 0 Å². The molecule has 0 bridgehead atoms. The average Bonchev–Trinajstić information content (AvgIpc) is 2.51. The lowest BCUT2D eigenvalue weighted by Gasteiger charge is -2.48. The molecule has 0 radical (unpaired) electrons. The monoisotopic (exact) mass is 310 g/mol. The quantitative estimate of drug-likeness (QED) is 0.669. The molecule has 0 aromatic heterocycles. The summed E-state index contributed by atoms with van der Waals surface area (Å²) < 4.78 is 28.3. The maximum atomic E-state index is 12.3. The lowest BCUT2D eigenvalue weighted by Crippen LogP contribution is -2.51. The van der Waals surface area contributed by atoms with E-state index in [1.54, 1.807) is 32.0 Å². The van der Waals surface area contributed by atoms with Gasteiger partial charge in [-0.15, -0.1) is 6.42 Å². The number of hydrogen-bond donors (Lipinski definition) is 1. The van der Waals surface area contributed by atoms with E-state index in [-0.39, 0.29) is 19.3 Å². The number of hydrogen-bond acceptors (Lipinski definition) is 5. The van der Waals surface area contributed by atoms with Gasteiger partial charge in [-0.3, -0.25) is 9.09 Å². The molecule has 0 amide bonds. The normalized spacial score (nSPS) is 31.5. The average molecular weight is 310 g/mol. The first-order valence-electron chi connectivity index (χ1n) is 6.57. The Bertz CT molecular complexity index is 621. The van der Waals surface area contributed by atoms with Crippen LogP contribution in [0.2, 0.25) is 0 Å². The number of aliphatic hydroxyl groups is 1. The summed E-state index contributed by atoms with van der Waals surface area (Å²) in [5, 5.41) is 8.26. The van der Waals surface area contributed by atoms with Crippen LogP contribution in [0.15, 0.2) is 18.2 Å². The van der Waals surface area contributed by atoms with Crippen molar-refractivity contribution in [1.29, 1.82) is 0 Å². The highest BCUT2D eigenvalue weighted by atomic mass is 31.2. The molecule has 5 nitrogen and oxygen atoms in total. The summed E-state index contributed by atoms with van der Waals surface area (Å²) in [6.07, 6.45) is 5.07. The Balaban J connectivity index is 2.17. The number of rotatable bonds is 5. The molecule has 0 spiro atoms. The second-order valence-electron chi connectivity index (χ2n) is 5.11. The first-order chi connectivity index (χ1) is 9.88. The summed E-state index contributed by atoms with van der Waals surface area (Å²) in [5.41, 5.74) is 2.18. The highest BCUT2D eigenvalue weighted by Gasteiger charge is 2.63. The molecule has 1 aliphatic rings. The predicted molar refractivity (Wildman–Crippen MR) is 78.7 cm³/mol. The van der Waals surface area contributed by atoms with Gasteiger partial charge in [0, 0.05) is 12.7 Å². The molecule has 114 valence electrons. The summed E-state index contributed by atoms with van der Waals surface area (Å²) >= 11 is 0. The topological polar surface area (TPSA) is 65.0 Å². The van der Waals surface area contributed by atoms with Crippen LogP contribution in [0.1, 0.15) is 30.5 Å². The molecule has 1 aliphatic heterocycles. The summed E-state index contributed by atoms with van der Waals surface area (Å²) in [6, 6.07) is 5.33. The molecule has 21 heavy (non-hydrogen) atoms. The van der Waals surface area contributed by atoms with E-state index < -0.39 is 12.9 Å². The number of terminal acetylenes is 1. The van der Waals surface area contributed by atoms with E-state index in [1.807, 2.05) is 0 Å². The van der Waals surface area contributed by atoms with E-state index in [2.05, 4.69) is 5.92 Å². The van der Waals surface area contributed by atoms with E-state index in [4.69, 9.17) is 20.2 Å². The lowest BCUT2D eigenvalue weighted by molar-refractivity contribution is -0.120. The van der Waals surface area contributed by atoms with Crippen LogP contribution in [0.4, 0.5) is 0 Å². The van der Waals surface area contributed by atoms with Crippen LogP contribution in [0, 0.1) is 12.3 Å². The summed E-state index contributed by atoms with van der Waals surface area (Å²) in [5.74, 6) is 2.53. The van der Waals surface area contributed by atoms with Crippen molar-refractivity contribution < 1.29 is 23.5 Å². The Morgan fingerprint density at radius 3 is 2.67 bits per heavy atom. The molecular formula is C15H19O5P. The van der Waals surface area contributed by atoms with Crippen LogP contribution in [-0.4, -0.2) is 23.7 Å². The minimum absolute atomic E-state index is 0.101. The minimum atomic E-state index is -3.24. The molecule has 1 heterocycles. The zero-order valence-corrected chi connectivity index (χ0v) is 13.2. The molecule has 6 heteroatoms. The van der Waals surface area contributed by atoms with Gasteiger partial charge in [0.1, 0.15) is 6.10 Å². The summed E-state index contributed by atoms with van der Waals surface area (Å²) in [4.78, 5) is 0. The molecule has 3 atom stereocenters. The van der Waals surface area contributed by atoms with Gasteiger partial charge >= 0.3 is 7.60 Å². The van der Waals surface area contributed by atoms with Crippen LogP contribution >= 0.6 is 7.60 Å². The van der Waals surface area contributed by atoms with Crippen LogP contribution in [0.3, 0.4) is 0 Å². The Labute approximate surface area is 124 Å². The maximum absolute atomic E-state index is 12.3. The van der Waals surface area contributed by atoms with Gasteiger partial charge in [0.2, 0.25) is 0 Å². The van der Waals surface area contributed by atoms with Crippen molar-refractivity contribution in [3.63, 3.8) is 0 Å². The van der Waals surface area contributed by atoms with Crippen LogP contribution in [0.5, 0.6) is 0 Å². The van der Waals surface area contributed by atoms with Crippen LogP contribution in [0.25, 0.3) is 0 Å². The zero-order chi connectivity index (χ0) is 15.7. The lowest BCUT2D eigenvalue weighted by atomic mass is 10.1. The Morgan fingerprint density at radius 1 is 1.48 bits per heavy atom. The van der Waals surface area contributed by atoms with Gasteiger partial charge in [-0.2, -0.15) is 0 Å². The van der Waals surface area contributed by atoms with Crippen molar-refractivity contribution in [1.82, 2.24) is 0 Å². The molecule has 1 aromatic carbocycles. The number of aliphatic hydroxyl groups excluding tert-OH is 1. The number of benzene rings is 1. The SMILES string of the molecule is C#Cc1cc(CO)cc(COC2(C)C(C)OP2(=O)OC)c1. The maximum Gasteiger partial charge on any atom is 0.364 e. The first-order valence-corrected chi connectivity index (χ1v) is 8.11. The first kappa shape index (κ1) is 16.2. The van der Waals surface area contributed by atoms with Gasteiger partial charge < -0.3 is 14.4 Å². The third kappa shape index (κ3) is 2.78. The fourth-order valence-electron chi connectivity index (χ4n) is 2.25. The molecule has 3 unspecified atom stereocenters. The van der Waals surface area contributed by atoms with Crippen molar-refractivity contribution in [2.45, 2.75) is 38.5 Å². The van der Waals surface area contributed by atoms with Crippen molar-refractivity contribution in [3.05, 3.63) is 34.9 Å². The van der Waals surface area contributed by atoms with Gasteiger partial charge in [-0.05, 0) is 37.1 Å². The smallest absolute Gasteiger partial charge is 0.364 e. The third-order valence-electron chi connectivity index (χ3n) is 3.77. The minimum Gasteiger partial charge on any atom is -0.392 e. The van der Waals surface area contributed by atoms with Crippen molar-refractivity contribution >= 4 is 7.60 Å². The van der Waals surface area contributed by atoms with Crippen molar-refractivity contribution in [2.75, 3.05) is 7.11 Å². The van der Waals surface area contributed by atoms with Crippen LogP contribution in [-0.2, 0) is 31.6 Å². The van der Waals surface area contributed by atoms with Gasteiger partial charge in [-0.25, -0.2) is 0 Å². The molecule has 2 rings (SSSR count). The fourth-order valence-corrected chi connectivity index (χ4v) is 4.09. The standard InChI is InChI=1S/C15H19O5P/c1-5-12-6-13(9-16)8-14(7-12)10-19-15(3)11(2)20-21(15,17)18-4/h1,6-8,11,16H,9-10H2,2-4H3. The Kier molecular flexibility index (Phi) is 4.57. The highest BCUT2D eigenvalue weighted by molar-refractivity contribution is 7.56. The van der Waals surface area contributed by atoms with E-state index in [9.17, 15) is 9.67 Å². The molecule has 0 aliphatic carbocycles. The van der Waals surface area contributed by atoms with Crippen molar-refractivity contribution in [3.8, 4) is 12.3 Å². The Morgan fingerprint density at radius 2 is 2.14 bits per heavy atom. The van der Waals surface area contributed by atoms with E-state index >= 15 is 0 Å². The van der Waals surface area contributed by atoms with Gasteiger partial charge in [0.15, 0.2) is 5.34 Å².